The van der Waals surface area contributed by atoms with Crippen molar-refractivity contribution in [2.45, 2.75) is 20.8 Å². The van der Waals surface area contributed by atoms with Crippen LogP contribution in [0.4, 0.5) is 11.4 Å². The van der Waals surface area contributed by atoms with Crippen LogP contribution in [-0.2, 0) is 9.59 Å². The summed E-state index contributed by atoms with van der Waals surface area (Å²) in [6.45, 7) is 10.3. The average molecular weight is 419 g/mol. The lowest BCUT2D eigenvalue weighted by atomic mass is 9.97. The van der Waals surface area contributed by atoms with Crippen LogP contribution in [0.5, 0.6) is 0 Å². The third kappa shape index (κ3) is 4.08. The van der Waals surface area contributed by atoms with Crippen molar-refractivity contribution >= 4 is 28.8 Å². The van der Waals surface area contributed by atoms with Gasteiger partial charge in [0.15, 0.2) is 0 Å². The first-order valence-corrected chi connectivity index (χ1v) is 10.9. The van der Waals surface area contributed by atoms with Gasteiger partial charge in [-0.15, -0.1) is 0 Å². The number of nitrogens with zero attached hydrogens (tertiary/aromatic N) is 3. The van der Waals surface area contributed by atoms with Gasteiger partial charge in [0.2, 0.25) is 0 Å². The summed E-state index contributed by atoms with van der Waals surface area (Å²) in [5.41, 5.74) is 5.69. The van der Waals surface area contributed by atoms with E-state index in [9.17, 15) is 9.59 Å². The summed E-state index contributed by atoms with van der Waals surface area (Å²) in [6, 6.07) is 14.1. The van der Waals surface area contributed by atoms with Gasteiger partial charge in [-0.2, -0.15) is 0 Å². The van der Waals surface area contributed by atoms with Crippen molar-refractivity contribution in [1.82, 2.24) is 9.80 Å². The number of rotatable bonds is 5. The van der Waals surface area contributed by atoms with E-state index < -0.39 is 0 Å². The van der Waals surface area contributed by atoms with Crippen molar-refractivity contribution in [3.8, 4) is 0 Å². The molecule has 0 aromatic heterocycles. The highest BCUT2D eigenvalue weighted by atomic mass is 16.2. The Morgan fingerprint density at radius 3 is 2.19 bits per heavy atom. The van der Waals surface area contributed by atoms with Crippen LogP contribution in [0.25, 0.3) is 5.57 Å². The van der Waals surface area contributed by atoms with Gasteiger partial charge in [-0.1, -0.05) is 23.8 Å². The van der Waals surface area contributed by atoms with E-state index >= 15 is 0 Å². The third-order valence-corrected chi connectivity index (χ3v) is 6.14. The fourth-order valence-corrected chi connectivity index (χ4v) is 4.29. The highest BCUT2D eigenvalue weighted by molar-refractivity contribution is 6.36. The Morgan fingerprint density at radius 1 is 0.903 bits per heavy atom. The van der Waals surface area contributed by atoms with Crippen LogP contribution in [0.1, 0.15) is 23.6 Å². The summed E-state index contributed by atoms with van der Waals surface area (Å²) in [5, 5.41) is 3.25. The molecule has 1 saturated heterocycles. The zero-order valence-corrected chi connectivity index (χ0v) is 18.7. The number of imide groups is 1. The number of likely N-dealkylation sites (N-methyl/N-ethyl adjacent to an activating group) is 2. The molecule has 2 heterocycles. The number of amides is 2. The molecular formula is C25H30N4O2. The van der Waals surface area contributed by atoms with Crippen LogP contribution in [-0.4, -0.2) is 61.4 Å². The van der Waals surface area contributed by atoms with Gasteiger partial charge >= 0.3 is 0 Å². The molecule has 31 heavy (non-hydrogen) atoms. The van der Waals surface area contributed by atoms with Crippen LogP contribution in [0, 0.1) is 13.8 Å². The Kier molecular flexibility index (Phi) is 5.83. The SMILES string of the molecule is CCN1C(=O)C(Nc2ccc(N3CCN(C)CC3)cc2)=C(c2ccc(C)cc2C)C1=O. The van der Waals surface area contributed by atoms with Crippen molar-refractivity contribution in [2.75, 3.05) is 50.0 Å². The van der Waals surface area contributed by atoms with Crippen LogP contribution in [0.3, 0.4) is 0 Å². The molecule has 0 saturated carbocycles. The van der Waals surface area contributed by atoms with Gasteiger partial charge in [0.05, 0.1) is 5.57 Å². The van der Waals surface area contributed by atoms with Crippen LogP contribution < -0.4 is 10.2 Å². The Bertz CT molecular complexity index is 1030. The number of hydrogen-bond acceptors (Lipinski definition) is 5. The summed E-state index contributed by atoms with van der Waals surface area (Å²) in [4.78, 5) is 32.1. The minimum absolute atomic E-state index is 0.240. The Morgan fingerprint density at radius 2 is 1.58 bits per heavy atom. The van der Waals surface area contributed by atoms with Crippen molar-refractivity contribution in [3.63, 3.8) is 0 Å². The van der Waals surface area contributed by atoms with Crippen LogP contribution >= 0.6 is 0 Å². The molecular weight excluding hydrogens is 388 g/mol. The third-order valence-electron chi connectivity index (χ3n) is 6.14. The normalized spacial score (nSPS) is 17.7. The van der Waals surface area contributed by atoms with Gasteiger partial charge in [-0.3, -0.25) is 14.5 Å². The number of anilines is 2. The predicted octanol–water partition coefficient (Wildman–Crippen LogP) is 3.27. The monoisotopic (exact) mass is 418 g/mol. The van der Waals surface area contributed by atoms with Gasteiger partial charge in [-0.05, 0) is 63.2 Å². The van der Waals surface area contributed by atoms with Gasteiger partial charge in [-0.25, -0.2) is 0 Å². The summed E-state index contributed by atoms with van der Waals surface area (Å²) < 4.78 is 0. The van der Waals surface area contributed by atoms with E-state index in [1.165, 1.54) is 10.6 Å². The smallest absolute Gasteiger partial charge is 0.278 e. The molecule has 6 nitrogen and oxygen atoms in total. The Hall–Kier alpha value is -3.12. The number of aryl methyl sites for hydroxylation is 2. The lowest BCUT2D eigenvalue weighted by molar-refractivity contribution is -0.136. The molecule has 0 atom stereocenters. The van der Waals surface area contributed by atoms with E-state index in [1.54, 1.807) is 0 Å². The minimum Gasteiger partial charge on any atom is -0.369 e. The molecule has 1 fully saturated rings. The van der Waals surface area contributed by atoms with E-state index in [0.29, 0.717) is 17.8 Å². The summed E-state index contributed by atoms with van der Waals surface area (Å²) in [5.74, 6) is -0.512. The fourth-order valence-electron chi connectivity index (χ4n) is 4.29. The zero-order valence-electron chi connectivity index (χ0n) is 18.7. The number of hydrogen-bond donors (Lipinski definition) is 1. The summed E-state index contributed by atoms with van der Waals surface area (Å²) in [6.07, 6.45) is 0. The number of carbonyl (C=O) groups is 2. The maximum absolute atomic E-state index is 13.1. The molecule has 0 aliphatic carbocycles. The molecule has 2 amide bonds. The zero-order chi connectivity index (χ0) is 22.1. The van der Waals surface area contributed by atoms with Crippen LogP contribution in [0.2, 0.25) is 0 Å². The van der Waals surface area contributed by atoms with Gasteiger partial charge in [0, 0.05) is 44.1 Å². The first-order valence-electron chi connectivity index (χ1n) is 10.9. The number of nitrogens with one attached hydrogen (secondary N) is 1. The second-order valence-electron chi connectivity index (χ2n) is 8.39. The molecule has 0 bridgehead atoms. The number of carbonyl (C=O) groups excluding carboxylic acids is 2. The van der Waals surface area contributed by atoms with E-state index in [4.69, 9.17) is 0 Å². The molecule has 0 radical (unpaired) electrons. The van der Waals surface area contributed by atoms with E-state index in [1.807, 2.05) is 51.1 Å². The topological polar surface area (TPSA) is 55.9 Å². The molecule has 2 aromatic carbocycles. The van der Waals surface area contributed by atoms with Crippen molar-refractivity contribution in [1.29, 1.82) is 0 Å². The Balaban J connectivity index is 1.64. The summed E-state index contributed by atoms with van der Waals surface area (Å²) in [7, 11) is 2.14. The average Bonchev–Trinajstić information content (AvgIpc) is 2.98. The molecule has 162 valence electrons. The quantitative estimate of drug-likeness (QED) is 0.756. The molecule has 2 aliphatic rings. The first-order chi connectivity index (χ1) is 14.9. The number of piperazine rings is 1. The molecule has 6 heteroatoms. The van der Waals surface area contributed by atoms with Gasteiger partial charge in [0.1, 0.15) is 5.70 Å². The lowest BCUT2D eigenvalue weighted by Crippen LogP contribution is -2.44. The second kappa shape index (κ2) is 8.55. The van der Waals surface area contributed by atoms with Gasteiger partial charge < -0.3 is 15.1 Å². The highest BCUT2D eigenvalue weighted by Crippen LogP contribution is 2.32. The highest BCUT2D eigenvalue weighted by Gasteiger charge is 2.38. The lowest BCUT2D eigenvalue weighted by Gasteiger charge is -2.34. The Labute approximate surface area is 184 Å². The molecule has 0 spiro atoms. The first kappa shape index (κ1) is 21.1. The standard InChI is InChI=1S/C25H30N4O2/c1-5-29-24(30)22(21-11-6-17(2)16-18(21)3)23(25(29)31)26-19-7-9-20(10-8-19)28-14-12-27(4)13-15-28/h6-11,16,26H,5,12-15H2,1-4H3. The predicted molar refractivity (Wildman–Crippen MR) is 125 cm³/mol. The molecule has 2 aromatic rings. The van der Waals surface area contributed by atoms with Crippen LogP contribution in [0.15, 0.2) is 48.2 Å². The molecule has 0 unspecified atom stereocenters. The van der Waals surface area contributed by atoms with Crippen molar-refractivity contribution in [2.24, 2.45) is 0 Å². The minimum atomic E-state index is -0.273. The number of benzene rings is 2. The van der Waals surface area contributed by atoms with Crippen molar-refractivity contribution in [3.05, 3.63) is 64.9 Å². The maximum Gasteiger partial charge on any atom is 0.278 e. The largest absolute Gasteiger partial charge is 0.369 e. The molecule has 2 aliphatic heterocycles. The van der Waals surface area contributed by atoms with Gasteiger partial charge in [0.25, 0.3) is 11.8 Å². The van der Waals surface area contributed by atoms with Crippen molar-refractivity contribution < 1.29 is 9.59 Å². The van der Waals surface area contributed by atoms with E-state index in [0.717, 1.165) is 48.6 Å². The second-order valence-corrected chi connectivity index (χ2v) is 8.39. The van der Waals surface area contributed by atoms with E-state index in [2.05, 4.69) is 34.3 Å². The molecule has 1 N–H and O–H groups in total. The maximum atomic E-state index is 13.1. The summed E-state index contributed by atoms with van der Waals surface area (Å²) >= 11 is 0. The fraction of sp³-hybridized carbons (Fsp3) is 0.360. The molecule has 4 rings (SSSR count). The van der Waals surface area contributed by atoms with E-state index in [-0.39, 0.29) is 11.8 Å².